The standard InChI is InChI=1S/C17H24F3N5/c1-3-13-14(9-21)16(24-23-15(13)4-2)22-10-12-5-7-25(8-6-12)11-17(18,19)20/h12H,3-8,10-11H2,1-2H3,(H,22,24). The van der Waals surface area contributed by atoms with Crippen LogP contribution in [0.25, 0.3) is 0 Å². The van der Waals surface area contributed by atoms with E-state index in [0.717, 1.165) is 17.7 Å². The van der Waals surface area contributed by atoms with Gasteiger partial charge in [-0.1, -0.05) is 13.8 Å². The average molecular weight is 355 g/mol. The summed E-state index contributed by atoms with van der Waals surface area (Å²) in [7, 11) is 0. The van der Waals surface area contributed by atoms with Gasteiger partial charge in [-0.2, -0.15) is 23.5 Å². The first kappa shape index (κ1) is 19.4. The van der Waals surface area contributed by atoms with Crippen molar-refractivity contribution in [3.8, 4) is 6.07 Å². The molecule has 1 aliphatic rings. The van der Waals surface area contributed by atoms with Crippen LogP contribution in [0.3, 0.4) is 0 Å². The molecule has 25 heavy (non-hydrogen) atoms. The maximum Gasteiger partial charge on any atom is 0.401 e. The Morgan fingerprint density at radius 3 is 2.40 bits per heavy atom. The molecule has 0 bridgehead atoms. The summed E-state index contributed by atoms with van der Waals surface area (Å²) in [5.41, 5.74) is 2.29. The molecule has 0 radical (unpaired) electrons. The van der Waals surface area contributed by atoms with Crippen molar-refractivity contribution in [2.24, 2.45) is 5.92 Å². The molecule has 2 rings (SSSR count). The minimum Gasteiger partial charge on any atom is -0.367 e. The first-order valence-corrected chi connectivity index (χ1v) is 8.69. The molecule has 0 amide bonds. The summed E-state index contributed by atoms with van der Waals surface area (Å²) in [6.07, 6.45) is -1.30. The highest BCUT2D eigenvalue weighted by molar-refractivity contribution is 5.56. The third kappa shape index (κ3) is 5.30. The monoisotopic (exact) mass is 355 g/mol. The van der Waals surface area contributed by atoms with E-state index in [-0.39, 0.29) is 5.92 Å². The van der Waals surface area contributed by atoms with E-state index in [9.17, 15) is 18.4 Å². The Morgan fingerprint density at radius 2 is 1.88 bits per heavy atom. The van der Waals surface area contributed by atoms with Gasteiger partial charge in [0.1, 0.15) is 11.6 Å². The van der Waals surface area contributed by atoms with Gasteiger partial charge in [0.15, 0.2) is 5.82 Å². The third-order valence-corrected chi connectivity index (χ3v) is 4.63. The second-order valence-corrected chi connectivity index (χ2v) is 6.38. The van der Waals surface area contributed by atoms with Gasteiger partial charge < -0.3 is 5.32 Å². The second-order valence-electron chi connectivity index (χ2n) is 6.38. The zero-order valence-electron chi connectivity index (χ0n) is 14.7. The summed E-state index contributed by atoms with van der Waals surface area (Å²) in [5.74, 6) is 0.753. The molecule has 0 atom stereocenters. The fourth-order valence-corrected chi connectivity index (χ4v) is 3.26. The van der Waals surface area contributed by atoms with Gasteiger partial charge in [0.05, 0.1) is 12.2 Å². The van der Waals surface area contributed by atoms with Crippen molar-refractivity contribution in [1.29, 1.82) is 5.26 Å². The lowest BCUT2D eigenvalue weighted by molar-refractivity contribution is -0.148. The van der Waals surface area contributed by atoms with Crippen molar-refractivity contribution in [1.82, 2.24) is 15.1 Å². The zero-order valence-corrected chi connectivity index (χ0v) is 14.7. The Labute approximate surface area is 146 Å². The van der Waals surface area contributed by atoms with Crippen molar-refractivity contribution < 1.29 is 13.2 Å². The molecule has 0 spiro atoms. The summed E-state index contributed by atoms with van der Waals surface area (Å²) >= 11 is 0. The molecular weight excluding hydrogens is 331 g/mol. The molecule has 2 heterocycles. The predicted molar refractivity (Wildman–Crippen MR) is 89.2 cm³/mol. The van der Waals surface area contributed by atoms with Gasteiger partial charge in [-0.05, 0) is 50.3 Å². The van der Waals surface area contributed by atoms with E-state index in [0.29, 0.717) is 50.3 Å². The van der Waals surface area contributed by atoms with Crippen LogP contribution in [-0.2, 0) is 12.8 Å². The zero-order chi connectivity index (χ0) is 18.4. The molecule has 1 saturated heterocycles. The number of halogens is 3. The fraction of sp³-hybridized carbons (Fsp3) is 0.706. The smallest absolute Gasteiger partial charge is 0.367 e. The van der Waals surface area contributed by atoms with E-state index in [4.69, 9.17) is 0 Å². The number of piperidine rings is 1. The second kappa shape index (κ2) is 8.48. The highest BCUT2D eigenvalue weighted by Crippen LogP contribution is 2.24. The Morgan fingerprint density at radius 1 is 1.20 bits per heavy atom. The number of alkyl halides is 3. The number of aromatic nitrogens is 2. The molecule has 0 unspecified atom stereocenters. The fourth-order valence-electron chi connectivity index (χ4n) is 3.26. The van der Waals surface area contributed by atoms with Gasteiger partial charge in [0.2, 0.25) is 0 Å². The van der Waals surface area contributed by atoms with E-state index >= 15 is 0 Å². The minimum atomic E-state index is -4.14. The van der Waals surface area contributed by atoms with E-state index in [1.165, 1.54) is 4.90 Å². The SMILES string of the molecule is CCc1nnc(NCC2CCN(CC(F)(F)F)CC2)c(C#N)c1CC. The number of hydrogen-bond donors (Lipinski definition) is 1. The summed E-state index contributed by atoms with van der Waals surface area (Å²) in [4.78, 5) is 1.45. The van der Waals surface area contributed by atoms with Crippen LogP contribution in [0.2, 0.25) is 0 Å². The normalized spacial score (nSPS) is 16.6. The van der Waals surface area contributed by atoms with Crippen LogP contribution in [0.15, 0.2) is 0 Å². The molecule has 0 saturated carbocycles. The Hall–Kier alpha value is -1.88. The van der Waals surface area contributed by atoms with Crippen LogP contribution in [0.1, 0.15) is 43.5 Å². The molecule has 8 heteroatoms. The van der Waals surface area contributed by atoms with Crippen molar-refractivity contribution in [3.05, 3.63) is 16.8 Å². The summed E-state index contributed by atoms with van der Waals surface area (Å²) < 4.78 is 37.3. The molecule has 1 aromatic rings. The van der Waals surface area contributed by atoms with Gasteiger partial charge in [-0.15, -0.1) is 5.10 Å². The van der Waals surface area contributed by atoms with Gasteiger partial charge in [0.25, 0.3) is 0 Å². The molecule has 1 aliphatic heterocycles. The molecule has 0 aliphatic carbocycles. The van der Waals surface area contributed by atoms with Crippen LogP contribution in [0.4, 0.5) is 19.0 Å². The topological polar surface area (TPSA) is 64.8 Å². The number of hydrogen-bond acceptors (Lipinski definition) is 5. The summed E-state index contributed by atoms with van der Waals surface area (Å²) in [6, 6.07) is 2.21. The highest BCUT2D eigenvalue weighted by Gasteiger charge is 2.32. The minimum absolute atomic E-state index is 0.272. The number of nitriles is 1. The average Bonchev–Trinajstić information content (AvgIpc) is 2.58. The van der Waals surface area contributed by atoms with Crippen LogP contribution in [0.5, 0.6) is 0 Å². The lowest BCUT2D eigenvalue weighted by atomic mass is 9.96. The van der Waals surface area contributed by atoms with Crippen LogP contribution < -0.4 is 5.32 Å². The van der Waals surface area contributed by atoms with E-state index in [2.05, 4.69) is 21.6 Å². The van der Waals surface area contributed by atoms with Crippen LogP contribution in [-0.4, -0.2) is 47.5 Å². The molecule has 1 fully saturated rings. The predicted octanol–water partition coefficient (Wildman–Crippen LogP) is 3.16. The summed E-state index contributed by atoms with van der Waals surface area (Å²) in [6.45, 7) is 4.60. The number of rotatable bonds is 6. The van der Waals surface area contributed by atoms with Gasteiger partial charge in [-0.25, -0.2) is 0 Å². The van der Waals surface area contributed by atoms with Crippen molar-refractivity contribution >= 4 is 5.82 Å². The maximum atomic E-state index is 12.4. The first-order valence-electron chi connectivity index (χ1n) is 8.69. The Kier molecular flexibility index (Phi) is 6.59. The molecule has 1 N–H and O–H groups in total. The summed E-state index contributed by atoms with van der Waals surface area (Å²) in [5, 5.41) is 21.0. The Balaban J connectivity index is 1.94. The number of nitrogens with zero attached hydrogens (tertiary/aromatic N) is 4. The number of anilines is 1. The molecule has 5 nitrogen and oxygen atoms in total. The van der Waals surface area contributed by atoms with E-state index in [1.807, 2.05) is 13.8 Å². The van der Waals surface area contributed by atoms with Crippen molar-refractivity contribution in [2.45, 2.75) is 45.7 Å². The first-order chi connectivity index (χ1) is 11.9. The van der Waals surface area contributed by atoms with Gasteiger partial charge in [0, 0.05) is 6.54 Å². The molecular formula is C17H24F3N5. The lowest BCUT2D eigenvalue weighted by Gasteiger charge is -2.32. The van der Waals surface area contributed by atoms with E-state index < -0.39 is 12.7 Å². The third-order valence-electron chi connectivity index (χ3n) is 4.63. The van der Waals surface area contributed by atoms with Gasteiger partial charge >= 0.3 is 6.18 Å². The maximum absolute atomic E-state index is 12.4. The van der Waals surface area contributed by atoms with E-state index in [1.54, 1.807) is 0 Å². The largest absolute Gasteiger partial charge is 0.401 e. The number of aryl methyl sites for hydroxylation is 1. The molecule has 0 aromatic carbocycles. The highest BCUT2D eigenvalue weighted by atomic mass is 19.4. The Bertz CT molecular complexity index is 616. The quantitative estimate of drug-likeness (QED) is 0.849. The molecule has 1 aromatic heterocycles. The van der Waals surface area contributed by atoms with Crippen LogP contribution >= 0.6 is 0 Å². The van der Waals surface area contributed by atoms with Crippen molar-refractivity contribution in [3.63, 3.8) is 0 Å². The van der Waals surface area contributed by atoms with Gasteiger partial charge in [-0.3, -0.25) is 4.90 Å². The van der Waals surface area contributed by atoms with Crippen LogP contribution in [0, 0.1) is 17.2 Å². The number of nitrogens with one attached hydrogen (secondary N) is 1. The van der Waals surface area contributed by atoms with Crippen molar-refractivity contribution in [2.75, 3.05) is 31.5 Å². The number of likely N-dealkylation sites (tertiary alicyclic amines) is 1. The molecule has 138 valence electrons. The lowest BCUT2D eigenvalue weighted by Crippen LogP contribution is -2.41.